The van der Waals surface area contributed by atoms with Crippen molar-refractivity contribution in [3.63, 3.8) is 0 Å². The van der Waals surface area contributed by atoms with Crippen molar-refractivity contribution in [1.29, 1.82) is 0 Å². The van der Waals surface area contributed by atoms with Crippen molar-refractivity contribution in [2.75, 3.05) is 0 Å². The van der Waals surface area contributed by atoms with Crippen LogP contribution in [-0.2, 0) is 0 Å². The molecule has 0 radical (unpaired) electrons. The molecule has 0 bridgehead atoms. The van der Waals surface area contributed by atoms with E-state index in [2.05, 4.69) is 47.3 Å². The SMILES string of the molecule is Cc1csc(-c2sc(Br)cc2C)c1. The monoisotopic (exact) mass is 272 g/mol. The van der Waals surface area contributed by atoms with E-state index in [1.807, 2.05) is 22.7 Å². The summed E-state index contributed by atoms with van der Waals surface area (Å²) in [6.07, 6.45) is 0. The standard InChI is InChI=1S/C10H9BrS2/c1-6-3-8(12-5-6)10-7(2)4-9(11)13-10/h3-5H,1-2H3. The van der Waals surface area contributed by atoms with Gasteiger partial charge in [-0.2, -0.15) is 0 Å². The molecule has 0 aliphatic rings. The highest BCUT2D eigenvalue weighted by Crippen LogP contribution is 2.38. The van der Waals surface area contributed by atoms with Crippen LogP contribution in [0.25, 0.3) is 9.75 Å². The van der Waals surface area contributed by atoms with Gasteiger partial charge < -0.3 is 0 Å². The van der Waals surface area contributed by atoms with Gasteiger partial charge in [-0.05, 0) is 58.4 Å². The van der Waals surface area contributed by atoms with Gasteiger partial charge in [-0.15, -0.1) is 22.7 Å². The maximum atomic E-state index is 3.51. The Morgan fingerprint density at radius 1 is 1.23 bits per heavy atom. The molecule has 0 unspecified atom stereocenters. The predicted molar refractivity (Wildman–Crippen MR) is 64.8 cm³/mol. The van der Waals surface area contributed by atoms with Gasteiger partial charge in [0, 0.05) is 9.75 Å². The molecule has 13 heavy (non-hydrogen) atoms. The van der Waals surface area contributed by atoms with E-state index in [4.69, 9.17) is 0 Å². The Morgan fingerprint density at radius 3 is 2.46 bits per heavy atom. The number of thiophene rings is 2. The van der Waals surface area contributed by atoms with E-state index in [-0.39, 0.29) is 0 Å². The molecule has 0 spiro atoms. The smallest absolute Gasteiger partial charge is 0.0708 e. The molecule has 0 aromatic carbocycles. The van der Waals surface area contributed by atoms with Crippen molar-refractivity contribution in [3.8, 4) is 9.75 Å². The molecular formula is C10H9BrS2. The summed E-state index contributed by atoms with van der Waals surface area (Å²) in [5.74, 6) is 0. The summed E-state index contributed by atoms with van der Waals surface area (Å²) in [4.78, 5) is 2.77. The van der Waals surface area contributed by atoms with E-state index in [0.717, 1.165) is 0 Å². The summed E-state index contributed by atoms with van der Waals surface area (Å²) in [6.45, 7) is 4.30. The van der Waals surface area contributed by atoms with E-state index in [9.17, 15) is 0 Å². The van der Waals surface area contributed by atoms with Crippen LogP contribution in [0.2, 0.25) is 0 Å². The summed E-state index contributed by atoms with van der Waals surface area (Å²) in [5.41, 5.74) is 2.71. The minimum absolute atomic E-state index is 1.21. The topological polar surface area (TPSA) is 0 Å². The molecule has 0 aliphatic carbocycles. The van der Waals surface area contributed by atoms with Crippen molar-refractivity contribution in [2.45, 2.75) is 13.8 Å². The van der Waals surface area contributed by atoms with Crippen LogP contribution in [0.5, 0.6) is 0 Å². The molecule has 0 N–H and O–H groups in total. The zero-order chi connectivity index (χ0) is 9.42. The highest BCUT2D eigenvalue weighted by Gasteiger charge is 2.07. The average Bonchev–Trinajstić information content (AvgIpc) is 2.58. The molecule has 0 amide bonds. The summed E-state index contributed by atoms with van der Waals surface area (Å²) in [5, 5.41) is 2.20. The highest BCUT2D eigenvalue weighted by atomic mass is 79.9. The normalized spacial score (nSPS) is 10.7. The van der Waals surface area contributed by atoms with Gasteiger partial charge in [0.15, 0.2) is 0 Å². The Kier molecular flexibility index (Phi) is 2.58. The van der Waals surface area contributed by atoms with Gasteiger partial charge in [0.05, 0.1) is 3.79 Å². The quantitative estimate of drug-likeness (QED) is 0.696. The van der Waals surface area contributed by atoms with Crippen molar-refractivity contribution in [2.24, 2.45) is 0 Å². The van der Waals surface area contributed by atoms with Crippen LogP contribution < -0.4 is 0 Å². The van der Waals surface area contributed by atoms with Crippen LogP contribution in [-0.4, -0.2) is 0 Å². The fourth-order valence-corrected chi connectivity index (χ4v) is 4.05. The molecule has 0 nitrogen and oxygen atoms in total. The van der Waals surface area contributed by atoms with Gasteiger partial charge in [-0.3, -0.25) is 0 Å². The third-order valence-corrected chi connectivity index (χ3v) is 4.81. The van der Waals surface area contributed by atoms with Crippen LogP contribution in [0, 0.1) is 13.8 Å². The number of aryl methyl sites for hydroxylation is 2. The lowest BCUT2D eigenvalue weighted by Gasteiger charge is -1.92. The van der Waals surface area contributed by atoms with Gasteiger partial charge in [-0.1, -0.05) is 0 Å². The fourth-order valence-electron chi connectivity index (χ4n) is 1.24. The lowest BCUT2D eigenvalue weighted by molar-refractivity contribution is 1.53. The molecule has 2 aromatic heterocycles. The molecular weight excluding hydrogens is 264 g/mol. The minimum Gasteiger partial charge on any atom is -0.143 e. The second-order valence-corrected chi connectivity index (χ2v) is 6.39. The van der Waals surface area contributed by atoms with Crippen molar-refractivity contribution in [3.05, 3.63) is 32.4 Å². The number of hydrogen-bond donors (Lipinski definition) is 0. The minimum atomic E-state index is 1.21. The third-order valence-electron chi connectivity index (χ3n) is 1.84. The Morgan fingerprint density at radius 2 is 2.00 bits per heavy atom. The summed E-state index contributed by atoms with van der Waals surface area (Å²) in [7, 11) is 0. The molecule has 0 atom stereocenters. The lowest BCUT2D eigenvalue weighted by atomic mass is 10.2. The maximum Gasteiger partial charge on any atom is 0.0708 e. The first-order valence-corrected chi connectivity index (χ1v) is 6.47. The molecule has 68 valence electrons. The van der Waals surface area contributed by atoms with Gasteiger partial charge >= 0.3 is 0 Å². The fraction of sp³-hybridized carbons (Fsp3) is 0.200. The third kappa shape index (κ3) is 1.87. The molecule has 2 aromatic rings. The Hall–Kier alpha value is -0.120. The van der Waals surface area contributed by atoms with Gasteiger partial charge in [0.2, 0.25) is 0 Å². The summed E-state index contributed by atoms with van der Waals surface area (Å²) >= 11 is 7.14. The van der Waals surface area contributed by atoms with Crippen molar-refractivity contribution < 1.29 is 0 Å². The molecule has 3 heteroatoms. The van der Waals surface area contributed by atoms with Crippen LogP contribution in [0.4, 0.5) is 0 Å². The first kappa shape index (κ1) is 9.44. The molecule has 0 aliphatic heterocycles. The average molecular weight is 273 g/mol. The van der Waals surface area contributed by atoms with Crippen LogP contribution in [0.1, 0.15) is 11.1 Å². The second-order valence-electron chi connectivity index (χ2n) is 3.05. The summed E-state index contributed by atoms with van der Waals surface area (Å²) < 4.78 is 1.21. The number of hydrogen-bond acceptors (Lipinski definition) is 2. The van der Waals surface area contributed by atoms with Crippen LogP contribution in [0.15, 0.2) is 21.3 Å². The molecule has 0 fully saturated rings. The Bertz CT molecular complexity index is 426. The van der Waals surface area contributed by atoms with Gasteiger partial charge in [0.25, 0.3) is 0 Å². The maximum absolute atomic E-state index is 3.51. The van der Waals surface area contributed by atoms with E-state index >= 15 is 0 Å². The largest absolute Gasteiger partial charge is 0.143 e. The predicted octanol–water partition coefficient (Wildman–Crippen LogP) is 4.86. The Balaban J connectivity index is 2.51. The lowest BCUT2D eigenvalue weighted by Crippen LogP contribution is -1.67. The Labute approximate surface area is 94.4 Å². The van der Waals surface area contributed by atoms with Gasteiger partial charge in [0.1, 0.15) is 0 Å². The van der Waals surface area contributed by atoms with Crippen LogP contribution in [0.3, 0.4) is 0 Å². The second kappa shape index (κ2) is 3.56. The van der Waals surface area contributed by atoms with Crippen LogP contribution >= 0.6 is 38.6 Å². The van der Waals surface area contributed by atoms with E-state index in [1.54, 1.807) is 0 Å². The van der Waals surface area contributed by atoms with Crippen molar-refractivity contribution in [1.82, 2.24) is 0 Å². The van der Waals surface area contributed by atoms with Gasteiger partial charge in [-0.25, -0.2) is 0 Å². The number of halogens is 1. The first-order chi connectivity index (χ1) is 6.16. The zero-order valence-corrected chi connectivity index (χ0v) is 10.6. The highest BCUT2D eigenvalue weighted by molar-refractivity contribution is 9.11. The summed E-state index contributed by atoms with van der Waals surface area (Å²) in [6, 6.07) is 4.42. The first-order valence-electron chi connectivity index (χ1n) is 3.98. The molecule has 2 rings (SSSR count). The molecule has 0 saturated carbocycles. The number of rotatable bonds is 1. The molecule has 2 heterocycles. The molecule has 0 saturated heterocycles. The van der Waals surface area contributed by atoms with Crippen molar-refractivity contribution >= 4 is 38.6 Å². The van der Waals surface area contributed by atoms with E-state index in [0.29, 0.717) is 0 Å². The zero-order valence-electron chi connectivity index (χ0n) is 7.43. The van der Waals surface area contributed by atoms with E-state index < -0.39 is 0 Å². The van der Waals surface area contributed by atoms with E-state index in [1.165, 1.54) is 24.7 Å².